The van der Waals surface area contributed by atoms with Crippen molar-refractivity contribution < 1.29 is 9.72 Å². The topological polar surface area (TPSA) is 75.5 Å². The van der Waals surface area contributed by atoms with Crippen molar-refractivity contribution in [2.24, 2.45) is 11.8 Å². The van der Waals surface area contributed by atoms with Gasteiger partial charge in [-0.25, -0.2) is 0 Å². The van der Waals surface area contributed by atoms with Crippen molar-refractivity contribution in [2.45, 2.75) is 39.0 Å². The van der Waals surface area contributed by atoms with Gasteiger partial charge in [-0.15, -0.1) is 0 Å². The fourth-order valence-corrected chi connectivity index (χ4v) is 3.71. The predicted octanol–water partition coefficient (Wildman–Crippen LogP) is 3.92. The van der Waals surface area contributed by atoms with Gasteiger partial charge in [0.05, 0.1) is 4.92 Å². The molecule has 3 rings (SSSR count). The van der Waals surface area contributed by atoms with E-state index in [4.69, 9.17) is 0 Å². The van der Waals surface area contributed by atoms with Crippen LogP contribution in [0.4, 0.5) is 11.4 Å². The molecule has 0 radical (unpaired) electrons. The molecular weight excluding hydrogens is 330 g/mol. The highest BCUT2D eigenvalue weighted by atomic mass is 16.6. The summed E-state index contributed by atoms with van der Waals surface area (Å²) in [4.78, 5) is 25.7. The van der Waals surface area contributed by atoms with Crippen LogP contribution in [0, 0.1) is 22.0 Å². The van der Waals surface area contributed by atoms with Crippen LogP contribution in [0.25, 0.3) is 0 Å². The third-order valence-electron chi connectivity index (χ3n) is 5.49. The summed E-state index contributed by atoms with van der Waals surface area (Å²) in [5.41, 5.74) is 1.00. The smallest absolute Gasteiger partial charge is 0.293 e. The van der Waals surface area contributed by atoms with Crippen molar-refractivity contribution in [3.05, 3.63) is 46.0 Å². The molecule has 0 spiro atoms. The second-order valence-corrected chi connectivity index (χ2v) is 7.49. The van der Waals surface area contributed by atoms with E-state index in [0.29, 0.717) is 29.6 Å². The quantitative estimate of drug-likeness (QED) is 0.492. The van der Waals surface area contributed by atoms with Gasteiger partial charge in [0.15, 0.2) is 0 Å². The Hall–Kier alpha value is -2.37. The number of hydrogen-bond acceptors (Lipinski definition) is 4. The van der Waals surface area contributed by atoms with Crippen LogP contribution in [0.1, 0.15) is 49.4 Å². The second-order valence-electron chi connectivity index (χ2n) is 7.49. The van der Waals surface area contributed by atoms with E-state index in [1.165, 1.54) is 6.07 Å². The van der Waals surface area contributed by atoms with Gasteiger partial charge in [0.1, 0.15) is 5.69 Å². The Kier molecular flexibility index (Phi) is 5.91. The summed E-state index contributed by atoms with van der Waals surface area (Å²) in [7, 11) is 0. The zero-order valence-electron chi connectivity index (χ0n) is 15.3. The Morgan fingerprint density at radius 2 is 2.04 bits per heavy atom. The second kappa shape index (κ2) is 8.34. The Morgan fingerprint density at radius 3 is 2.69 bits per heavy atom. The molecule has 140 valence electrons. The predicted molar refractivity (Wildman–Crippen MR) is 103 cm³/mol. The summed E-state index contributed by atoms with van der Waals surface area (Å²) in [6, 6.07) is 4.85. The summed E-state index contributed by atoms with van der Waals surface area (Å²) >= 11 is 0. The van der Waals surface area contributed by atoms with Crippen LogP contribution in [0.15, 0.2) is 30.4 Å². The Bertz CT molecular complexity index is 694. The largest absolute Gasteiger partial charge is 0.366 e. The SMILES string of the molecule is CC1CCN(c2ccc(C(=O)NCC3CC=CCC3)cc2[N+](=O)[O-])CC1. The van der Waals surface area contributed by atoms with Crippen LogP contribution >= 0.6 is 0 Å². The lowest BCUT2D eigenvalue weighted by atomic mass is 9.94. The van der Waals surface area contributed by atoms with Crippen LogP contribution < -0.4 is 10.2 Å². The van der Waals surface area contributed by atoms with Gasteiger partial charge in [-0.1, -0.05) is 19.1 Å². The maximum absolute atomic E-state index is 12.4. The van der Waals surface area contributed by atoms with E-state index in [9.17, 15) is 14.9 Å². The lowest BCUT2D eigenvalue weighted by Crippen LogP contribution is -2.33. The van der Waals surface area contributed by atoms with Crippen LogP contribution in [0.2, 0.25) is 0 Å². The van der Waals surface area contributed by atoms with Crippen LogP contribution in [0.3, 0.4) is 0 Å². The van der Waals surface area contributed by atoms with E-state index in [1.54, 1.807) is 12.1 Å². The minimum Gasteiger partial charge on any atom is -0.366 e. The average Bonchev–Trinajstić information content (AvgIpc) is 2.67. The molecule has 0 saturated carbocycles. The molecule has 1 amide bonds. The van der Waals surface area contributed by atoms with Crippen molar-refractivity contribution in [2.75, 3.05) is 24.5 Å². The number of rotatable bonds is 5. The zero-order chi connectivity index (χ0) is 18.5. The van der Waals surface area contributed by atoms with Crippen LogP contribution in [-0.2, 0) is 0 Å². The van der Waals surface area contributed by atoms with Crippen molar-refractivity contribution in [1.82, 2.24) is 5.32 Å². The van der Waals surface area contributed by atoms with Gasteiger partial charge >= 0.3 is 0 Å². The number of nitrogens with zero attached hydrogens (tertiary/aromatic N) is 2. The normalized spacial score (nSPS) is 20.8. The highest BCUT2D eigenvalue weighted by molar-refractivity contribution is 5.95. The molecule has 6 heteroatoms. The molecule has 2 aliphatic rings. The lowest BCUT2D eigenvalue weighted by molar-refractivity contribution is -0.384. The molecule has 1 heterocycles. The Labute approximate surface area is 154 Å². The number of carbonyl (C=O) groups excluding carboxylic acids is 1. The fourth-order valence-electron chi connectivity index (χ4n) is 3.71. The molecule has 1 aromatic carbocycles. The molecule has 1 fully saturated rings. The molecule has 26 heavy (non-hydrogen) atoms. The van der Waals surface area contributed by atoms with E-state index >= 15 is 0 Å². The Morgan fingerprint density at radius 1 is 1.27 bits per heavy atom. The maximum Gasteiger partial charge on any atom is 0.293 e. The molecular formula is C20H27N3O3. The monoisotopic (exact) mass is 357 g/mol. The molecule has 1 aliphatic carbocycles. The summed E-state index contributed by atoms with van der Waals surface area (Å²) < 4.78 is 0. The van der Waals surface area contributed by atoms with Crippen LogP contribution in [-0.4, -0.2) is 30.5 Å². The van der Waals surface area contributed by atoms with Crippen molar-refractivity contribution >= 4 is 17.3 Å². The lowest BCUT2D eigenvalue weighted by Gasteiger charge is -2.31. The molecule has 1 unspecified atom stereocenters. The number of allylic oxidation sites excluding steroid dienone is 2. The van der Waals surface area contributed by atoms with E-state index in [1.807, 2.05) is 0 Å². The van der Waals surface area contributed by atoms with Crippen molar-refractivity contribution in [1.29, 1.82) is 0 Å². The van der Waals surface area contributed by atoms with Gasteiger partial charge in [-0.2, -0.15) is 0 Å². The summed E-state index contributed by atoms with van der Waals surface area (Å²) in [6.07, 6.45) is 9.50. The number of nitro groups is 1. The summed E-state index contributed by atoms with van der Waals surface area (Å²) in [6.45, 7) is 4.47. The van der Waals surface area contributed by atoms with Crippen LogP contribution in [0.5, 0.6) is 0 Å². The molecule has 0 bridgehead atoms. The molecule has 1 aliphatic heterocycles. The van der Waals surface area contributed by atoms with Gasteiger partial charge in [0.25, 0.3) is 11.6 Å². The zero-order valence-corrected chi connectivity index (χ0v) is 15.3. The first-order valence-electron chi connectivity index (χ1n) is 9.51. The van der Waals surface area contributed by atoms with Crippen molar-refractivity contribution in [3.8, 4) is 0 Å². The first-order chi connectivity index (χ1) is 12.5. The van der Waals surface area contributed by atoms with Gasteiger partial charge in [-0.3, -0.25) is 14.9 Å². The van der Waals surface area contributed by atoms with Gasteiger partial charge in [0.2, 0.25) is 0 Å². The van der Waals surface area contributed by atoms with E-state index in [0.717, 1.165) is 45.2 Å². The van der Waals surface area contributed by atoms with Crippen molar-refractivity contribution in [3.63, 3.8) is 0 Å². The minimum atomic E-state index is -0.379. The first-order valence-corrected chi connectivity index (χ1v) is 9.51. The summed E-state index contributed by atoms with van der Waals surface area (Å²) in [5, 5.41) is 14.5. The number of benzene rings is 1. The van der Waals surface area contributed by atoms with E-state index in [-0.39, 0.29) is 16.5 Å². The number of amides is 1. The number of nitro benzene ring substituents is 1. The fraction of sp³-hybridized carbons (Fsp3) is 0.550. The number of hydrogen-bond donors (Lipinski definition) is 1. The Balaban J connectivity index is 1.70. The highest BCUT2D eigenvalue weighted by Gasteiger charge is 2.25. The number of piperidine rings is 1. The minimum absolute atomic E-state index is 0.0211. The third kappa shape index (κ3) is 4.42. The average molecular weight is 357 g/mol. The molecule has 1 N–H and O–H groups in total. The number of nitrogens with one attached hydrogen (secondary N) is 1. The number of anilines is 1. The van der Waals surface area contributed by atoms with Gasteiger partial charge in [-0.05, 0) is 56.1 Å². The molecule has 1 atom stereocenters. The molecule has 6 nitrogen and oxygen atoms in total. The first kappa shape index (κ1) is 18.4. The standard InChI is InChI=1S/C20H27N3O3/c1-15-9-11-22(12-10-15)18-8-7-17(13-19(18)23(25)26)20(24)21-14-16-5-3-2-4-6-16/h2-3,7-8,13,15-16H,4-6,9-12,14H2,1H3,(H,21,24). The maximum atomic E-state index is 12.4. The molecule has 0 aromatic heterocycles. The number of carbonyl (C=O) groups is 1. The highest BCUT2D eigenvalue weighted by Crippen LogP contribution is 2.32. The molecule has 1 aromatic rings. The molecule has 1 saturated heterocycles. The summed E-state index contributed by atoms with van der Waals surface area (Å²) in [5.74, 6) is 0.875. The third-order valence-corrected chi connectivity index (χ3v) is 5.49. The van der Waals surface area contributed by atoms with Gasteiger partial charge < -0.3 is 10.2 Å². The van der Waals surface area contributed by atoms with E-state index < -0.39 is 0 Å². The van der Waals surface area contributed by atoms with E-state index in [2.05, 4.69) is 29.3 Å². The van der Waals surface area contributed by atoms with Gasteiger partial charge in [0, 0.05) is 31.3 Å².